The van der Waals surface area contributed by atoms with E-state index in [-0.39, 0.29) is 6.42 Å². The monoisotopic (exact) mass is 464 g/mol. The van der Waals surface area contributed by atoms with Gasteiger partial charge in [0.05, 0.1) is 5.56 Å². The van der Waals surface area contributed by atoms with E-state index in [1.165, 1.54) is 11.3 Å². The fourth-order valence-corrected chi connectivity index (χ4v) is 4.71. The van der Waals surface area contributed by atoms with Crippen molar-refractivity contribution < 1.29 is 19.4 Å². The molecule has 7 heteroatoms. The number of nitrogens with zero attached hydrogens (tertiary/aromatic N) is 1. The van der Waals surface area contributed by atoms with Gasteiger partial charge in [-0.3, -0.25) is 0 Å². The van der Waals surface area contributed by atoms with Gasteiger partial charge in [0, 0.05) is 23.6 Å². The van der Waals surface area contributed by atoms with Crippen LogP contribution < -0.4 is 14.6 Å². The molecule has 0 aliphatic heterocycles. The molecule has 0 saturated carbocycles. The number of carbonyl (C=O) groups excluding carboxylic acids is 1. The highest BCUT2D eigenvalue weighted by Crippen LogP contribution is 2.38. The van der Waals surface area contributed by atoms with Crippen molar-refractivity contribution in [1.29, 1.82) is 0 Å². The number of hydrogen-bond acceptors (Lipinski definition) is 7. The molecule has 1 atom stereocenters. The average Bonchev–Trinajstić information content (AvgIpc) is 3.50. The van der Waals surface area contributed by atoms with Crippen molar-refractivity contribution >= 4 is 28.6 Å². The van der Waals surface area contributed by atoms with Gasteiger partial charge in [0.15, 0.2) is 0 Å². The van der Waals surface area contributed by atoms with Crippen LogP contribution in [0, 0.1) is 6.92 Å². The molecule has 32 heavy (non-hydrogen) atoms. The van der Waals surface area contributed by atoms with Crippen LogP contribution >= 0.6 is 22.7 Å². The zero-order valence-corrected chi connectivity index (χ0v) is 19.2. The lowest BCUT2D eigenvalue weighted by Gasteiger charge is -2.23. The zero-order valence-electron chi connectivity index (χ0n) is 17.5. The van der Waals surface area contributed by atoms with Crippen LogP contribution in [0.3, 0.4) is 0 Å². The van der Waals surface area contributed by atoms with Gasteiger partial charge < -0.3 is 19.4 Å². The van der Waals surface area contributed by atoms with E-state index in [9.17, 15) is 9.90 Å². The standard InChI is InChI=1S/C25H23NO4S2/c1-17-4-2-3-5-20(17)22(8-9-24(27)28)30-23-14-19(29-15-18-10-12-31-16-18)6-7-21(23)25-26-11-13-32-25/h2-7,10-14,16,22H,8-9,15H2,1H3,(H,27,28)/p-1. The van der Waals surface area contributed by atoms with Crippen molar-refractivity contribution in [2.45, 2.75) is 32.5 Å². The number of carbonyl (C=O) groups is 1. The molecule has 2 aromatic heterocycles. The van der Waals surface area contributed by atoms with Crippen LogP contribution in [-0.2, 0) is 11.4 Å². The fourth-order valence-electron chi connectivity index (χ4n) is 3.39. The maximum Gasteiger partial charge on any atom is 0.134 e. The van der Waals surface area contributed by atoms with E-state index in [1.807, 2.05) is 66.2 Å². The van der Waals surface area contributed by atoms with E-state index in [2.05, 4.69) is 10.4 Å². The largest absolute Gasteiger partial charge is 0.550 e. The third-order valence-electron chi connectivity index (χ3n) is 5.02. The summed E-state index contributed by atoms with van der Waals surface area (Å²) in [7, 11) is 0. The molecular formula is C25H22NO4S2-. The molecule has 0 saturated heterocycles. The molecule has 2 heterocycles. The third-order valence-corrected chi connectivity index (χ3v) is 6.56. The van der Waals surface area contributed by atoms with Gasteiger partial charge in [-0.25, -0.2) is 4.98 Å². The van der Waals surface area contributed by atoms with E-state index in [0.29, 0.717) is 24.5 Å². The van der Waals surface area contributed by atoms with E-state index >= 15 is 0 Å². The first-order valence-electron chi connectivity index (χ1n) is 10.2. The van der Waals surface area contributed by atoms with Gasteiger partial charge in [0.2, 0.25) is 0 Å². The number of thiazole rings is 1. The minimum absolute atomic E-state index is 0.0973. The van der Waals surface area contributed by atoms with Gasteiger partial charge in [-0.05, 0) is 65.4 Å². The molecule has 0 bridgehead atoms. The van der Waals surface area contributed by atoms with Crippen LogP contribution in [0.1, 0.15) is 35.6 Å². The summed E-state index contributed by atoms with van der Waals surface area (Å²) in [6, 6.07) is 15.6. The quantitative estimate of drug-likeness (QED) is 0.314. The first-order valence-corrected chi connectivity index (χ1v) is 12.0. The number of benzene rings is 2. The zero-order chi connectivity index (χ0) is 22.3. The van der Waals surface area contributed by atoms with Crippen molar-refractivity contribution in [2.24, 2.45) is 0 Å². The van der Waals surface area contributed by atoms with Gasteiger partial charge in [0.1, 0.15) is 29.2 Å². The molecule has 2 aromatic carbocycles. The Hall–Kier alpha value is -3.16. The fraction of sp³-hybridized carbons (Fsp3) is 0.200. The summed E-state index contributed by atoms with van der Waals surface area (Å²) in [6.45, 7) is 2.46. The molecule has 0 radical (unpaired) electrons. The topological polar surface area (TPSA) is 71.5 Å². The number of rotatable bonds is 10. The SMILES string of the molecule is Cc1ccccc1C(CCC(=O)[O-])Oc1cc(OCc2ccsc2)ccc1-c1nccs1. The van der Waals surface area contributed by atoms with E-state index in [0.717, 1.165) is 27.3 Å². The Labute approximate surface area is 194 Å². The number of hydrogen-bond donors (Lipinski definition) is 0. The number of aromatic nitrogens is 1. The second-order valence-electron chi connectivity index (χ2n) is 7.29. The molecule has 0 amide bonds. The summed E-state index contributed by atoms with van der Waals surface area (Å²) in [5, 5.41) is 18.0. The lowest BCUT2D eigenvalue weighted by molar-refractivity contribution is -0.306. The highest BCUT2D eigenvalue weighted by Gasteiger charge is 2.19. The Morgan fingerprint density at radius 2 is 2.03 bits per heavy atom. The highest BCUT2D eigenvalue weighted by molar-refractivity contribution is 7.13. The Balaban J connectivity index is 1.66. The van der Waals surface area contributed by atoms with Gasteiger partial charge in [0.25, 0.3) is 0 Å². The maximum atomic E-state index is 11.2. The molecule has 0 fully saturated rings. The first-order chi connectivity index (χ1) is 15.6. The normalized spacial score (nSPS) is 11.8. The molecule has 1 unspecified atom stereocenters. The number of carboxylic acids is 1. The van der Waals surface area contributed by atoms with Crippen LogP contribution in [0.4, 0.5) is 0 Å². The molecule has 5 nitrogen and oxygen atoms in total. The van der Waals surface area contributed by atoms with Gasteiger partial charge in [-0.2, -0.15) is 11.3 Å². The lowest BCUT2D eigenvalue weighted by Crippen LogP contribution is -2.23. The Bertz CT molecular complexity index is 1160. The van der Waals surface area contributed by atoms with E-state index in [1.54, 1.807) is 17.5 Å². The van der Waals surface area contributed by atoms with Gasteiger partial charge in [-0.1, -0.05) is 24.3 Å². The van der Waals surface area contributed by atoms with Crippen molar-refractivity contribution in [1.82, 2.24) is 4.98 Å². The number of carboxylic acid groups (broad SMARTS) is 1. The Morgan fingerprint density at radius 1 is 1.16 bits per heavy atom. The number of aliphatic carboxylic acids is 1. The second-order valence-corrected chi connectivity index (χ2v) is 8.96. The average molecular weight is 465 g/mol. The number of aryl methyl sites for hydroxylation is 1. The summed E-state index contributed by atoms with van der Waals surface area (Å²) < 4.78 is 12.4. The third kappa shape index (κ3) is 5.55. The van der Waals surface area contributed by atoms with Crippen molar-refractivity contribution in [3.63, 3.8) is 0 Å². The van der Waals surface area contributed by atoms with Crippen molar-refractivity contribution in [3.8, 4) is 22.1 Å². The summed E-state index contributed by atoms with van der Waals surface area (Å²) >= 11 is 3.15. The molecule has 4 rings (SSSR count). The molecule has 0 N–H and O–H groups in total. The number of thiophene rings is 1. The number of ether oxygens (including phenoxy) is 2. The second kappa shape index (κ2) is 10.4. The van der Waals surface area contributed by atoms with Crippen molar-refractivity contribution in [2.75, 3.05) is 0 Å². The van der Waals surface area contributed by atoms with Crippen LogP contribution in [0.2, 0.25) is 0 Å². The van der Waals surface area contributed by atoms with Gasteiger partial charge >= 0.3 is 0 Å². The highest BCUT2D eigenvalue weighted by atomic mass is 32.1. The molecule has 4 aromatic rings. The van der Waals surface area contributed by atoms with E-state index in [4.69, 9.17) is 9.47 Å². The maximum absolute atomic E-state index is 11.2. The summed E-state index contributed by atoms with van der Waals surface area (Å²) in [5.41, 5.74) is 3.93. The van der Waals surface area contributed by atoms with E-state index < -0.39 is 12.1 Å². The summed E-state index contributed by atoms with van der Waals surface area (Å²) in [6.07, 6.45) is 1.50. The lowest BCUT2D eigenvalue weighted by atomic mass is 9.99. The van der Waals surface area contributed by atoms with Crippen LogP contribution in [0.15, 0.2) is 70.9 Å². The smallest absolute Gasteiger partial charge is 0.134 e. The molecule has 0 spiro atoms. The molecule has 0 aliphatic carbocycles. The molecular weight excluding hydrogens is 442 g/mol. The molecule has 0 aliphatic rings. The summed E-state index contributed by atoms with van der Waals surface area (Å²) in [5.74, 6) is 0.185. The van der Waals surface area contributed by atoms with Crippen molar-refractivity contribution in [3.05, 3.63) is 87.6 Å². The molecule has 164 valence electrons. The van der Waals surface area contributed by atoms with Gasteiger partial charge in [-0.15, -0.1) is 11.3 Å². The minimum atomic E-state index is -1.10. The Kier molecular flexibility index (Phi) is 7.19. The summed E-state index contributed by atoms with van der Waals surface area (Å²) in [4.78, 5) is 15.6. The van der Waals surface area contributed by atoms with Crippen LogP contribution in [-0.4, -0.2) is 11.0 Å². The van der Waals surface area contributed by atoms with Crippen LogP contribution in [0.25, 0.3) is 10.6 Å². The minimum Gasteiger partial charge on any atom is -0.550 e. The van der Waals surface area contributed by atoms with Crippen LogP contribution in [0.5, 0.6) is 11.5 Å². The predicted octanol–water partition coefficient (Wildman–Crippen LogP) is 5.41. The Morgan fingerprint density at radius 3 is 2.75 bits per heavy atom. The first kappa shape index (κ1) is 22.0. The predicted molar refractivity (Wildman–Crippen MR) is 125 cm³/mol.